The highest BCUT2D eigenvalue weighted by atomic mass is 16.5. The van der Waals surface area contributed by atoms with Crippen LogP contribution < -0.4 is 0 Å². The number of ketones is 1. The Bertz CT molecular complexity index is 657. The number of carbonyl (C=O) groups is 2. The minimum Gasteiger partial charge on any atom is -0.466 e. The number of hydrogen-bond donors (Lipinski definition) is 0. The average Bonchev–Trinajstić information content (AvgIpc) is 2.53. The van der Waals surface area contributed by atoms with Crippen molar-refractivity contribution < 1.29 is 14.3 Å². The van der Waals surface area contributed by atoms with Crippen molar-refractivity contribution >= 4 is 11.8 Å². The second-order valence-corrected chi connectivity index (χ2v) is 4.54. The molecule has 0 unspecified atom stereocenters. The van der Waals surface area contributed by atoms with Crippen LogP contribution >= 0.6 is 0 Å². The Kier molecular flexibility index (Phi) is 5.04. The topological polar surface area (TPSA) is 43.4 Å². The zero-order valence-corrected chi connectivity index (χ0v) is 11.8. The van der Waals surface area contributed by atoms with Crippen LogP contribution in [0.4, 0.5) is 0 Å². The van der Waals surface area contributed by atoms with Crippen LogP contribution in [0.1, 0.15) is 21.5 Å². The molecule has 0 aromatic heterocycles. The van der Waals surface area contributed by atoms with Gasteiger partial charge in [-0.2, -0.15) is 0 Å². The number of ether oxygens (including phenoxy) is 1. The first-order valence-corrected chi connectivity index (χ1v) is 6.63. The van der Waals surface area contributed by atoms with E-state index in [2.05, 4.69) is 4.74 Å². The summed E-state index contributed by atoms with van der Waals surface area (Å²) in [5.41, 5.74) is 2.67. The summed E-state index contributed by atoms with van der Waals surface area (Å²) in [6.07, 6.45) is 3.06. The van der Waals surface area contributed by atoms with Crippen LogP contribution in [0.15, 0.2) is 66.7 Å². The highest BCUT2D eigenvalue weighted by Gasteiger charge is 2.09. The summed E-state index contributed by atoms with van der Waals surface area (Å²) in [5, 5.41) is 0. The smallest absolute Gasteiger partial charge is 0.330 e. The van der Waals surface area contributed by atoms with E-state index in [0.717, 1.165) is 17.2 Å². The van der Waals surface area contributed by atoms with E-state index in [0.29, 0.717) is 12.0 Å². The van der Waals surface area contributed by atoms with Crippen LogP contribution in [-0.4, -0.2) is 18.9 Å². The fourth-order valence-electron chi connectivity index (χ4n) is 2.03. The molecule has 2 aromatic rings. The number of allylic oxidation sites excluding steroid dienone is 1. The third-order valence-corrected chi connectivity index (χ3v) is 3.09. The Labute approximate surface area is 123 Å². The van der Waals surface area contributed by atoms with Gasteiger partial charge in [0, 0.05) is 11.6 Å². The molecule has 0 spiro atoms. The molecular formula is C18H16O3. The van der Waals surface area contributed by atoms with Crippen molar-refractivity contribution in [2.45, 2.75) is 6.42 Å². The second-order valence-electron chi connectivity index (χ2n) is 4.54. The largest absolute Gasteiger partial charge is 0.466 e. The van der Waals surface area contributed by atoms with Crippen molar-refractivity contribution in [3.05, 3.63) is 83.4 Å². The van der Waals surface area contributed by atoms with E-state index in [9.17, 15) is 9.59 Å². The van der Waals surface area contributed by atoms with Gasteiger partial charge in [-0.3, -0.25) is 4.79 Å². The van der Waals surface area contributed by atoms with Gasteiger partial charge in [0.15, 0.2) is 5.78 Å². The number of esters is 1. The predicted molar refractivity (Wildman–Crippen MR) is 81.2 cm³/mol. The second kappa shape index (κ2) is 7.20. The summed E-state index contributed by atoms with van der Waals surface area (Å²) >= 11 is 0. The highest BCUT2D eigenvalue weighted by molar-refractivity contribution is 6.07. The van der Waals surface area contributed by atoms with Crippen LogP contribution in [0.5, 0.6) is 0 Å². The van der Waals surface area contributed by atoms with Gasteiger partial charge in [0.1, 0.15) is 0 Å². The number of carbonyl (C=O) groups excluding carboxylic acids is 2. The third kappa shape index (κ3) is 4.14. The van der Waals surface area contributed by atoms with Gasteiger partial charge in [-0.25, -0.2) is 4.79 Å². The van der Waals surface area contributed by atoms with E-state index in [1.165, 1.54) is 13.2 Å². The van der Waals surface area contributed by atoms with Gasteiger partial charge in [0.05, 0.1) is 7.11 Å². The molecule has 3 heteroatoms. The molecule has 0 aliphatic heterocycles. The Morgan fingerprint density at radius 2 is 1.62 bits per heavy atom. The Hall–Kier alpha value is -2.68. The van der Waals surface area contributed by atoms with E-state index in [-0.39, 0.29) is 5.78 Å². The quantitative estimate of drug-likeness (QED) is 0.480. The number of benzene rings is 2. The van der Waals surface area contributed by atoms with Crippen molar-refractivity contribution in [1.82, 2.24) is 0 Å². The molecule has 0 radical (unpaired) electrons. The maximum absolute atomic E-state index is 12.2. The van der Waals surface area contributed by atoms with Crippen molar-refractivity contribution in [3.63, 3.8) is 0 Å². The molecule has 0 aliphatic carbocycles. The first-order chi connectivity index (χ1) is 10.2. The summed E-state index contributed by atoms with van der Waals surface area (Å²) in [4.78, 5) is 23.2. The van der Waals surface area contributed by atoms with Crippen LogP contribution in [-0.2, 0) is 16.0 Å². The molecule has 3 nitrogen and oxygen atoms in total. The van der Waals surface area contributed by atoms with E-state index < -0.39 is 5.97 Å². The van der Waals surface area contributed by atoms with Crippen LogP contribution in [0.2, 0.25) is 0 Å². The molecule has 0 N–H and O–H groups in total. The predicted octanol–water partition coefficient (Wildman–Crippen LogP) is 3.19. The lowest BCUT2D eigenvalue weighted by atomic mass is 9.97. The normalized spacial score (nSPS) is 10.5. The van der Waals surface area contributed by atoms with Gasteiger partial charge >= 0.3 is 5.97 Å². The zero-order valence-electron chi connectivity index (χ0n) is 11.8. The molecule has 2 aromatic carbocycles. The molecule has 21 heavy (non-hydrogen) atoms. The minimum atomic E-state index is -0.538. The summed E-state index contributed by atoms with van der Waals surface area (Å²) in [6, 6.07) is 17.3. The minimum absolute atomic E-state index is 0.202. The van der Waals surface area contributed by atoms with Gasteiger partial charge in [0.25, 0.3) is 0 Å². The van der Waals surface area contributed by atoms with Gasteiger partial charge < -0.3 is 4.74 Å². The first kappa shape index (κ1) is 14.7. The molecule has 0 bridgehead atoms. The van der Waals surface area contributed by atoms with Crippen molar-refractivity contribution in [2.75, 3.05) is 7.11 Å². The van der Waals surface area contributed by atoms with Gasteiger partial charge in [-0.1, -0.05) is 54.6 Å². The Balaban J connectivity index is 2.23. The van der Waals surface area contributed by atoms with Gasteiger partial charge in [-0.15, -0.1) is 0 Å². The van der Waals surface area contributed by atoms with E-state index in [1.807, 2.05) is 48.5 Å². The molecule has 0 heterocycles. The SMILES string of the molecule is COC(=O)C=CC(=O)c1ccccc1Cc1ccccc1. The molecule has 2 rings (SSSR count). The van der Waals surface area contributed by atoms with E-state index in [4.69, 9.17) is 0 Å². The summed E-state index contributed by atoms with van der Waals surface area (Å²) in [6.45, 7) is 0. The van der Waals surface area contributed by atoms with Gasteiger partial charge in [-0.05, 0) is 23.6 Å². The molecule has 0 fully saturated rings. The first-order valence-electron chi connectivity index (χ1n) is 6.63. The van der Waals surface area contributed by atoms with Crippen LogP contribution in [0, 0.1) is 0 Å². The average molecular weight is 280 g/mol. The molecule has 0 saturated carbocycles. The fraction of sp³-hybridized carbons (Fsp3) is 0.111. The number of methoxy groups -OCH3 is 1. The summed E-state index contributed by atoms with van der Waals surface area (Å²) < 4.78 is 4.48. The lowest BCUT2D eigenvalue weighted by Gasteiger charge is -2.07. The molecular weight excluding hydrogens is 264 g/mol. The Morgan fingerprint density at radius 3 is 2.33 bits per heavy atom. The molecule has 0 amide bonds. The molecule has 0 atom stereocenters. The monoisotopic (exact) mass is 280 g/mol. The van der Waals surface area contributed by atoms with Crippen LogP contribution in [0.3, 0.4) is 0 Å². The summed E-state index contributed by atoms with van der Waals surface area (Å²) in [7, 11) is 1.28. The summed E-state index contributed by atoms with van der Waals surface area (Å²) in [5.74, 6) is -0.740. The third-order valence-electron chi connectivity index (χ3n) is 3.09. The number of rotatable bonds is 5. The Morgan fingerprint density at radius 1 is 0.952 bits per heavy atom. The molecule has 0 saturated heterocycles. The highest BCUT2D eigenvalue weighted by Crippen LogP contribution is 2.15. The maximum Gasteiger partial charge on any atom is 0.330 e. The van der Waals surface area contributed by atoms with Crippen molar-refractivity contribution in [3.8, 4) is 0 Å². The standard InChI is InChI=1S/C18H16O3/c1-21-18(20)12-11-17(19)16-10-6-5-9-15(16)13-14-7-3-2-4-8-14/h2-12H,13H2,1H3. The molecule has 106 valence electrons. The van der Waals surface area contributed by atoms with Crippen molar-refractivity contribution in [1.29, 1.82) is 0 Å². The lowest BCUT2D eigenvalue weighted by molar-refractivity contribution is -0.134. The fourth-order valence-corrected chi connectivity index (χ4v) is 2.03. The van der Waals surface area contributed by atoms with Gasteiger partial charge in [0.2, 0.25) is 0 Å². The maximum atomic E-state index is 12.2. The zero-order chi connectivity index (χ0) is 15.1. The van der Waals surface area contributed by atoms with Crippen molar-refractivity contribution in [2.24, 2.45) is 0 Å². The van der Waals surface area contributed by atoms with E-state index >= 15 is 0 Å². The van der Waals surface area contributed by atoms with E-state index in [1.54, 1.807) is 6.07 Å². The molecule has 0 aliphatic rings. The number of hydrogen-bond acceptors (Lipinski definition) is 3. The lowest BCUT2D eigenvalue weighted by Crippen LogP contribution is -2.03. The van der Waals surface area contributed by atoms with Crippen LogP contribution in [0.25, 0.3) is 0 Å².